The summed E-state index contributed by atoms with van der Waals surface area (Å²) in [5.41, 5.74) is 5.06. The van der Waals surface area contributed by atoms with Crippen LogP contribution in [0.25, 0.3) is 0 Å². The van der Waals surface area contributed by atoms with Gasteiger partial charge in [-0.05, 0) is 30.3 Å². The van der Waals surface area contributed by atoms with Crippen LogP contribution >= 0.6 is 0 Å². The van der Waals surface area contributed by atoms with Crippen molar-refractivity contribution in [2.75, 3.05) is 11.9 Å². The van der Waals surface area contributed by atoms with Crippen LogP contribution in [0.3, 0.4) is 0 Å². The van der Waals surface area contributed by atoms with Gasteiger partial charge in [0, 0.05) is 30.3 Å². The Morgan fingerprint density at radius 2 is 1.75 bits per heavy atom. The lowest BCUT2D eigenvalue weighted by atomic mass is 10.1. The number of anilines is 1. The summed E-state index contributed by atoms with van der Waals surface area (Å²) in [4.78, 5) is 59.1. The zero-order chi connectivity index (χ0) is 20.4. The summed E-state index contributed by atoms with van der Waals surface area (Å²) in [5, 5.41) is 13.6. The zero-order valence-corrected chi connectivity index (χ0v) is 14.4. The predicted octanol–water partition coefficient (Wildman–Crippen LogP) is 1.32. The van der Waals surface area contributed by atoms with E-state index in [1.165, 1.54) is 36.4 Å². The summed E-state index contributed by atoms with van der Waals surface area (Å²) in [5.74, 6) is -2.55. The number of rotatable bonds is 6. The number of nitrogens with two attached hydrogens (primary N) is 1. The number of hydrogen-bond acceptors (Lipinski definition) is 6. The number of fused-ring (bicyclic) bond motifs is 1. The van der Waals surface area contributed by atoms with Crippen molar-refractivity contribution in [3.05, 3.63) is 69.3 Å². The van der Waals surface area contributed by atoms with Gasteiger partial charge in [0.1, 0.15) is 5.56 Å². The van der Waals surface area contributed by atoms with Crippen LogP contribution in [0, 0.1) is 10.1 Å². The maximum Gasteiger partial charge on any atom is 0.282 e. The highest BCUT2D eigenvalue weighted by Crippen LogP contribution is 2.30. The number of amides is 4. The topological polar surface area (TPSA) is 153 Å². The molecular weight excluding hydrogens is 368 g/mol. The maximum atomic E-state index is 12.4. The molecule has 2 aromatic carbocycles. The Morgan fingerprint density at radius 3 is 2.36 bits per heavy atom. The fraction of sp³-hybridized carbons (Fsp3) is 0.111. The van der Waals surface area contributed by atoms with Crippen molar-refractivity contribution in [1.82, 2.24) is 4.90 Å². The Morgan fingerprint density at radius 1 is 1.07 bits per heavy atom. The van der Waals surface area contributed by atoms with Crippen LogP contribution in [0.2, 0.25) is 0 Å². The van der Waals surface area contributed by atoms with Crippen LogP contribution in [0.5, 0.6) is 0 Å². The molecule has 3 rings (SSSR count). The van der Waals surface area contributed by atoms with Gasteiger partial charge < -0.3 is 11.1 Å². The molecule has 0 saturated heterocycles. The largest absolute Gasteiger partial charge is 0.366 e. The van der Waals surface area contributed by atoms with Gasteiger partial charge in [-0.3, -0.25) is 34.2 Å². The molecule has 28 heavy (non-hydrogen) atoms. The van der Waals surface area contributed by atoms with Gasteiger partial charge in [-0.25, -0.2) is 0 Å². The molecule has 3 N–H and O–H groups in total. The summed E-state index contributed by atoms with van der Waals surface area (Å²) >= 11 is 0. The number of nitro benzene ring substituents is 1. The highest BCUT2D eigenvalue weighted by Gasteiger charge is 2.40. The van der Waals surface area contributed by atoms with Gasteiger partial charge >= 0.3 is 0 Å². The normalized spacial score (nSPS) is 12.6. The molecule has 1 aliphatic heterocycles. The smallest absolute Gasteiger partial charge is 0.282 e. The molecule has 10 nitrogen and oxygen atoms in total. The number of imide groups is 1. The number of carbonyl (C=O) groups is 4. The number of nitro groups is 1. The Labute approximate surface area is 158 Å². The third-order valence-electron chi connectivity index (χ3n) is 4.19. The number of primary amides is 1. The maximum absolute atomic E-state index is 12.4. The van der Waals surface area contributed by atoms with Gasteiger partial charge in [0.25, 0.3) is 17.5 Å². The van der Waals surface area contributed by atoms with Crippen LogP contribution in [-0.4, -0.2) is 40.0 Å². The first-order chi connectivity index (χ1) is 13.3. The molecule has 0 atom stereocenters. The second-order valence-electron chi connectivity index (χ2n) is 5.96. The van der Waals surface area contributed by atoms with Crippen molar-refractivity contribution < 1.29 is 24.1 Å². The minimum Gasteiger partial charge on any atom is -0.366 e. The summed E-state index contributed by atoms with van der Waals surface area (Å²) in [7, 11) is 0. The fourth-order valence-electron chi connectivity index (χ4n) is 2.83. The van der Waals surface area contributed by atoms with Crippen LogP contribution in [0.4, 0.5) is 11.4 Å². The molecule has 0 unspecified atom stereocenters. The molecule has 0 fully saturated rings. The van der Waals surface area contributed by atoms with E-state index < -0.39 is 34.2 Å². The average molecular weight is 382 g/mol. The van der Waals surface area contributed by atoms with Crippen molar-refractivity contribution >= 4 is 35.0 Å². The van der Waals surface area contributed by atoms with Gasteiger partial charge in [0.2, 0.25) is 11.8 Å². The quantitative estimate of drug-likeness (QED) is 0.436. The lowest BCUT2D eigenvalue weighted by molar-refractivity contribution is -0.385. The second kappa shape index (κ2) is 7.27. The van der Waals surface area contributed by atoms with Crippen molar-refractivity contribution in [3.63, 3.8) is 0 Å². The number of benzene rings is 2. The van der Waals surface area contributed by atoms with Gasteiger partial charge in [-0.2, -0.15) is 0 Å². The first-order valence-corrected chi connectivity index (χ1v) is 8.13. The van der Waals surface area contributed by atoms with Crippen molar-refractivity contribution in [2.45, 2.75) is 6.42 Å². The van der Waals surface area contributed by atoms with Crippen molar-refractivity contribution in [2.24, 2.45) is 5.73 Å². The SMILES string of the molecule is NC(=O)c1ccc(NC(=O)CCN2C(=O)c3cccc([N+](=O)[O-])c3C2=O)cc1. The number of nitrogens with one attached hydrogen (secondary N) is 1. The monoisotopic (exact) mass is 382 g/mol. The Hall–Kier alpha value is -4.08. The van der Waals surface area contributed by atoms with E-state index in [1.807, 2.05) is 0 Å². The Kier molecular flexibility index (Phi) is 4.86. The highest BCUT2D eigenvalue weighted by molar-refractivity contribution is 6.23. The van der Waals surface area contributed by atoms with Crippen LogP contribution in [-0.2, 0) is 4.79 Å². The molecule has 142 valence electrons. The van der Waals surface area contributed by atoms with Gasteiger partial charge in [-0.15, -0.1) is 0 Å². The molecule has 0 saturated carbocycles. The summed E-state index contributed by atoms with van der Waals surface area (Å²) < 4.78 is 0. The van der Waals surface area contributed by atoms with E-state index >= 15 is 0 Å². The van der Waals surface area contributed by atoms with Crippen LogP contribution in [0.1, 0.15) is 37.5 Å². The van der Waals surface area contributed by atoms with E-state index in [2.05, 4.69) is 5.32 Å². The van der Waals surface area contributed by atoms with Crippen LogP contribution in [0.15, 0.2) is 42.5 Å². The van der Waals surface area contributed by atoms with Gasteiger partial charge in [0.05, 0.1) is 10.5 Å². The molecule has 0 aromatic heterocycles. The standard InChI is InChI=1S/C18H14N4O6/c19-16(24)10-4-6-11(7-5-10)20-14(23)8-9-21-17(25)12-2-1-3-13(22(27)28)15(12)18(21)26/h1-7H,8-9H2,(H2,19,24)(H,20,23). The number of hydrogen-bond donors (Lipinski definition) is 2. The molecule has 4 amide bonds. The fourth-order valence-corrected chi connectivity index (χ4v) is 2.83. The van der Waals surface area contributed by atoms with E-state index in [4.69, 9.17) is 5.73 Å². The average Bonchev–Trinajstić information content (AvgIpc) is 2.91. The minimum atomic E-state index is -0.800. The summed E-state index contributed by atoms with van der Waals surface area (Å²) in [6.07, 6.45) is -0.198. The first-order valence-electron chi connectivity index (χ1n) is 8.13. The van der Waals surface area contributed by atoms with Crippen molar-refractivity contribution in [1.29, 1.82) is 0 Å². The van der Waals surface area contributed by atoms with E-state index in [0.717, 1.165) is 11.0 Å². The zero-order valence-electron chi connectivity index (χ0n) is 14.4. The molecular formula is C18H14N4O6. The van der Waals surface area contributed by atoms with E-state index in [-0.39, 0.29) is 29.7 Å². The molecule has 10 heteroatoms. The molecule has 0 aliphatic carbocycles. The molecule has 0 bridgehead atoms. The first kappa shape index (κ1) is 18.7. The second-order valence-corrected chi connectivity index (χ2v) is 5.96. The lowest BCUT2D eigenvalue weighted by Gasteiger charge is -2.13. The third-order valence-corrected chi connectivity index (χ3v) is 4.19. The molecule has 0 radical (unpaired) electrons. The Bertz CT molecular complexity index is 1020. The highest BCUT2D eigenvalue weighted by atomic mass is 16.6. The Balaban J connectivity index is 1.66. The molecule has 0 spiro atoms. The molecule has 1 aliphatic rings. The van der Waals surface area contributed by atoms with Crippen molar-refractivity contribution in [3.8, 4) is 0 Å². The van der Waals surface area contributed by atoms with Gasteiger partial charge in [-0.1, -0.05) is 6.07 Å². The van der Waals surface area contributed by atoms with E-state index in [1.54, 1.807) is 0 Å². The van der Waals surface area contributed by atoms with Gasteiger partial charge in [0.15, 0.2) is 0 Å². The number of nitrogens with zero attached hydrogens (tertiary/aromatic N) is 2. The molecule has 1 heterocycles. The summed E-state index contributed by atoms with van der Waals surface area (Å²) in [6, 6.07) is 9.68. The third kappa shape index (κ3) is 3.43. The lowest BCUT2D eigenvalue weighted by Crippen LogP contribution is -2.33. The molecule has 2 aromatic rings. The number of carbonyl (C=O) groups excluding carboxylic acids is 4. The predicted molar refractivity (Wildman–Crippen MR) is 96.7 cm³/mol. The van der Waals surface area contributed by atoms with Crippen LogP contribution < -0.4 is 11.1 Å². The summed E-state index contributed by atoms with van der Waals surface area (Å²) in [6.45, 7) is -0.227. The van der Waals surface area contributed by atoms with E-state index in [0.29, 0.717) is 5.69 Å². The minimum absolute atomic E-state index is 0.0540. The van der Waals surface area contributed by atoms with E-state index in [9.17, 15) is 29.3 Å².